The standard InChI is InChI=1S/C9H8N2OS/c12-9-8(10-6-11(9)13)7-4-2-1-3-5-7/h1-6,8,13H. The Hall–Kier alpha value is -1.29. The molecule has 0 aliphatic carbocycles. The summed E-state index contributed by atoms with van der Waals surface area (Å²) in [6, 6.07) is 9.04. The molecule has 0 radical (unpaired) electrons. The van der Waals surface area contributed by atoms with Crippen LogP contribution in [0.2, 0.25) is 0 Å². The van der Waals surface area contributed by atoms with E-state index in [0.29, 0.717) is 0 Å². The predicted molar refractivity (Wildman–Crippen MR) is 53.5 cm³/mol. The minimum absolute atomic E-state index is 0.102. The highest BCUT2D eigenvalue weighted by Crippen LogP contribution is 2.23. The Morgan fingerprint density at radius 1 is 1.31 bits per heavy atom. The van der Waals surface area contributed by atoms with Crippen molar-refractivity contribution in [1.29, 1.82) is 0 Å². The summed E-state index contributed by atoms with van der Waals surface area (Å²) in [7, 11) is 0. The van der Waals surface area contributed by atoms with Crippen molar-refractivity contribution in [3.63, 3.8) is 0 Å². The third kappa shape index (κ3) is 1.45. The Kier molecular flexibility index (Phi) is 2.06. The molecule has 4 heteroatoms. The summed E-state index contributed by atoms with van der Waals surface area (Å²) in [5.41, 5.74) is 0.903. The quantitative estimate of drug-likeness (QED) is 0.671. The van der Waals surface area contributed by atoms with Gasteiger partial charge in [-0.1, -0.05) is 43.1 Å². The van der Waals surface area contributed by atoms with E-state index in [1.54, 1.807) is 0 Å². The van der Waals surface area contributed by atoms with Gasteiger partial charge in [0.15, 0.2) is 6.04 Å². The zero-order chi connectivity index (χ0) is 9.26. The Bertz CT molecular complexity index is 350. The molecule has 2 rings (SSSR count). The number of rotatable bonds is 1. The van der Waals surface area contributed by atoms with Crippen LogP contribution in [0, 0.1) is 0 Å². The minimum atomic E-state index is -0.404. The molecule has 1 aromatic rings. The fourth-order valence-corrected chi connectivity index (χ4v) is 1.41. The van der Waals surface area contributed by atoms with Crippen molar-refractivity contribution in [3.8, 4) is 0 Å². The van der Waals surface area contributed by atoms with E-state index in [9.17, 15) is 4.79 Å². The molecule has 0 spiro atoms. The first-order valence-electron chi connectivity index (χ1n) is 3.89. The number of amides is 1. The Morgan fingerprint density at radius 2 is 2.00 bits per heavy atom. The average molecular weight is 192 g/mol. The van der Waals surface area contributed by atoms with Gasteiger partial charge in [0.25, 0.3) is 5.91 Å². The normalized spacial score (nSPS) is 21.2. The summed E-state index contributed by atoms with van der Waals surface area (Å²) < 4.78 is 1.21. The number of aliphatic imine (C=N–C) groups is 1. The topological polar surface area (TPSA) is 32.7 Å². The number of carbonyl (C=O) groups excluding carboxylic acids is 1. The van der Waals surface area contributed by atoms with Crippen LogP contribution in [0.3, 0.4) is 0 Å². The van der Waals surface area contributed by atoms with Crippen molar-refractivity contribution in [2.45, 2.75) is 6.04 Å². The van der Waals surface area contributed by atoms with E-state index >= 15 is 0 Å². The van der Waals surface area contributed by atoms with Crippen molar-refractivity contribution < 1.29 is 4.79 Å². The molecule has 66 valence electrons. The van der Waals surface area contributed by atoms with Crippen molar-refractivity contribution in [3.05, 3.63) is 35.9 Å². The third-order valence-electron chi connectivity index (χ3n) is 1.90. The van der Waals surface area contributed by atoms with Gasteiger partial charge < -0.3 is 0 Å². The summed E-state index contributed by atoms with van der Waals surface area (Å²) in [6.45, 7) is 0. The number of nitrogens with zero attached hydrogens (tertiary/aromatic N) is 2. The van der Waals surface area contributed by atoms with Gasteiger partial charge in [-0.15, -0.1) is 0 Å². The van der Waals surface area contributed by atoms with Gasteiger partial charge in [0, 0.05) is 0 Å². The molecule has 0 bridgehead atoms. The number of carbonyl (C=O) groups is 1. The highest BCUT2D eigenvalue weighted by molar-refractivity contribution is 7.79. The summed E-state index contributed by atoms with van der Waals surface area (Å²) in [6.07, 6.45) is 1.43. The second-order valence-corrected chi connectivity index (χ2v) is 3.19. The largest absolute Gasteiger partial charge is 0.271 e. The SMILES string of the molecule is O=C1C(c2ccccc2)N=CN1S. The first kappa shape index (κ1) is 8.31. The molecule has 1 aliphatic heterocycles. The van der Waals surface area contributed by atoms with Gasteiger partial charge in [-0.25, -0.2) is 4.31 Å². The van der Waals surface area contributed by atoms with E-state index in [0.717, 1.165) is 5.56 Å². The zero-order valence-corrected chi connectivity index (χ0v) is 7.69. The molecule has 1 atom stereocenters. The van der Waals surface area contributed by atoms with Gasteiger partial charge in [0.05, 0.1) is 0 Å². The van der Waals surface area contributed by atoms with Crippen LogP contribution < -0.4 is 0 Å². The molecule has 13 heavy (non-hydrogen) atoms. The molecule has 0 saturated carbocycles. The highest BCUT2D eigenvalue weighted by atomic mass is 32.1. The Morgan fingerprint density at radius 3 is 2.54 bits per heavy atom. The molecular formula is C9H8N2OS. The van der Waals surface area contributed by atoms with E-state index in [2.05, 4.69) is 17.8 Å². The molecule has 1 heterocycles. The predicted octanol–water partition coefficient (Wildman–Crippen LogP) is 1.44. The van der Waals surface area contributed by atoms with Crippen LogP contribution in [-0.2, 0) is 4.79 Å². The molecular weight excluding hydrogens is 184 g/mol. The minimum Gasteiger partial charge on any atom is -0.271 e. The number of thiol groups is 1. The molecule has 1 aliphatic rings. The highest BCUT2D eigenvalue weighted by Gasteiger charge is 2.27. The summed E-state index contributed by atoms with van der Waals surface area (Å²) >= 11 is 3.93. The van der Waals surface area contributed by atoms with Crippen LogP contribution >= 0.6 is 12.8 Å². The van der Waals surface area contributed by atoms with Crippen LogP contribution in [-0.4, -0.2) is 16.6 Å². The fraction of sp³-hybridized carbons (Fsp3) is 0.111. The van der Waals surface area contributed by atoms with Gasteiger partial charge in [0.1, 0.15) is 6.34 Å². The van der Waals surface area contributed by atoms with Crippen molar-refractivity contribution >= 4 is 25.1 Å². The zero-order valence-electron chi connectivity index (χ0n) is 6.79. The van der Waals surface area contributed by atoms with E-state index < -0.39 is 6.04 Å². The van der Waals surface area contributed by atoms with Crippen molar-refractivity contribution in [1.82, 2.24) is 4.31 Å². The van der Waals surface area contributed by atoms with Crippen LogP contribution in [0.15, 0.2) is 35.3 Å². The first-order valence-corrected chi connectivity index (χ1v) is 4.29. The first-order chi connectivity index (χ1) is 6.29. The van der Waals surface area contributed by atoms with Crippen LogP contribution in [0.25, 0.3) is 0 Å². The van der Waals surface area contributed by atoms with Crippen molar-refractivity contribution in [2.24, 2.45) is 4.99 Å². The van der Waals surface area contributed by atoms with Gasteiger partial charge in [0.2, 0.25) is 0 Å². The summed E-state index contributed by atoms with van der Waals surface area (Å²) in [5, 5.41) is 0. The Labute approximate surface area is 81.6 Å². The monoisotopic (exact) mass is 192 g/mol. The molecule has 3 nitrogen and oxygen atoms in total. The van der Waals surface area contributed by atoms with Gasteiger partial charge >= 0.3 is 0 Å². The molecule has 0 N–H and O–H groups in total. The average Bonchev–Trinajstić information content (AvgIpc) is 2.49. The van der Waals surface area contributed by atoms with Crippen molar-refractivity contribution in [2.75, 3.05) is 0 Å². The number of benzene rings is 1. The second-order valence-electron chi connectivity index (χ2n) is 2.76. The lowest BCUT2D eigenvalue weighted by atomic mass is 10.1. The number of hydrogen-bond acceptors (Lipinski definition) is 3. The molecule has 0 saturated heterocycles. The third-order valence-corrected chi connectivity index (χ3v) is 2.20. The summed E-state index contributed by atoms with van der Waals surface area (Å²) in [5.74, 6) is -0.102. The number of hydrogen-bond donors (Lipinski definition) is 1. The maximum Gasteiger partial charge on any atom is 0.267 e. The van der Waals surface area contributed by atoms with Crippen LogP contribution in [0.1, 0.15) is 11.6 Å². The molecule has 1 unspecified atom stereocenters. The molecule has 0 aromatic heterocycles. The maximum atomic E-state index is 11.4. The maximum absolute atomic E-state index is 11.4. The van der Waals surface area contributed by atoms with E-state index in [4.69, 9.17) is 0 Å². The van der Waals surface area contributed by atoms with E-state index in [1.165, 1.54) is 10.6 Å². The second kappa shape index (κ2) is 3.22. The van der Waals surface area contributed by atoms with E-state index in [1.807, 2.05) is 30.3 Å². The smallest absolute Gasteiger partial charge is 0.267 e. The van der Waals surface area contributed by atoms with Crippen LogP contribution in [0.5, 0.6) is 0 Å². The molecule has 1 amide bonds. The van der Waals surface area contributed by atoms with Gasteiger partial charge in [-0.3, -0.25) is 9.79 Å². The molecule has 1 aromatic carbocycles. The fourth-order valence-electron chi connectivity index (χ4n) is 1.24. The Balaban J connectivity index is 2.30. The van der Waals surface area contributed by atoms with Gasteiger partial charge in [-0.2, -0.15) is 0 Å². The lowest BCUT2D eigenvalue weighted by Gasteiger charge is -2.07. The van der Waals surface area contributed by atoms with E-state index in [-0.39, 0.29) is 5.91 Å². The summed E-state index contributed by atoms with van der Waals surface area (Å²) in [4.78, 5) is 15.5. The van der Waals surface area contributed by atoms with Gasteiger partial charge in [-0.05, 0) is 5.56 Å². The van der Waals surface area contributed by atoms with Crippen LogP contribution in [0.4, 0.5) is 0 Å². The molecule has 0 fully saturated rings. The lowest BCUT2D eigenvalue weighted by molar-refractivity contribution is -0.123. The lowest BCUT2D eigenvalue weighted by Crippen LogP contribution is -2.18.